The van der Waals surface area contributed by atoms with Gasteiger partial charge in [-0.05, 0) is 48.2 Å². The number of rotatable bonds is 2. The van der Waals surface area contributed by atoms with Crippen molar-refractivity contribution in [1.82, 2.24) is 0 Å². The highest BCUT2D eigenvalue weighted by atomic mass is 14.2. The van der Waals surface area contributed by atoms with Crippen LogP contribution in [0.25, 0.3) is 16.7 Å². The molecule has 2 aromatic rings. The van der Waals surface area contributed by atoms with E-state index in [0.29, 0.717) is 5.56 Å². The van der Waals surface area contributed by atoms with Crippen molar-refractivity contribution in [3.05, 3.63) is 65.7 Å². The third kappa shape index (κ3) is 2.19. The monoisotopic (exact) mass is 233 g/mol. The second-order valence-electron chi connectivity index (χ2n) is 4.47. The van der Waals surface area contributed by atoms with Crippen LogP contribution >= 0.6 is 0 Å². The molecule has 2 aromatic carbocycles. The molecule has 2 rings (SSSR count). The summed E-state index contributed by atoms with van der Waals surface area (Å²) in [4.78, 5) is 0. The minimum atomic E-state index is 0.684. The van der Waals surface area contributed by atoms with Crippen LogP contribution in [-0.4, -0.2) is 0 Å². The van der Waals surface area contributed by atoms with Gasteiger partial charge in [0, 0.05) is 0 Å². The molecule has 0 N–H and O–H groups in total. The average Bonchev–Trinajstić information content (AvgIpc) is 2.38. The van der Waals surface area contributed by atoms with Gasteiger partial charge in [-0.2, -0.15) is 5.26 Å². The van der Waals surface area contributed by atoms with E-state index in [1.54, 1.807) is 0 Å². The summed E-state index contributed by atoms with van der Waals surface area (Å²) in [6, 6.07) is 16.0. The molecule has 0 aromatic heterocycles. The van der Waals surface area contributed by atoms with Gasteiger partial charge in [0.2, 0.25) is 0 Å². The fourth-order valence-corrected chi connectivity index (χ4v) is 2.20. The highest BCUT2D eigenvalue weighted by Crippen LogP contribution is 2.30. The van der Waals surface area contributed by atoms with Crippen LogP contribution in [0.3, 0.4) is 0 Å². The normalized spacial score (nSPS) is 9.83. The Morgan fingerprint density at radius 1 is 1.11 bits per heavy atom. The summed E-state index contributed by atoms with van der Waals surface area (Å²) >= 11 is 0. The van der Waals surface area contributed by atoms with Crippen LogP contribution in [-0.2, 0) is 0 Å². The van der Waals surface area contributed by atoms with Gasteiger partial charge in [-0.1, -0.05) is 42.5 Å². The van der Waals surface area contributed by atoms with E-state index < -0.39 is 0 Å². The Kier molecular flexibility index (Phi) is 3.30. The molecule has 1 heteroatoms. The molecule has 88 valence electrons. The van der Waals surface area contributed by atoms with E-state index in [1.165, 1.54) is 16.7 Å². The van der Waals surface area contributed by atoms with Crippen molar-refractivity contribution in [3.8, 4) is 17.2 Å². The lowest BCUT2D eigenvalue weighted by Crippen LogP contribution is -1.90. The van der Waals surface area contributed by atoms with E-state index in [0.717, 1.165) is 11.1 Å². The van der Waals surface area contributed by atoms with Gasteiger partial charge >= 0.3 is 0 Å². The van der Waals surface area contributed by atoms with E-state index in [9.17, 15) is 0 Å². The Hall–Kier alpha value is -2.33. The molecule has 18 heavy (non-hydrogen) atoms. The largest absolute Gasteiger partial charge is 0.192 e. The summed E-state index contributed by atoms with van der Waals surface area (Å²) in [5, 5.41) is 8.82. The predicted molar refractivity (Wildman–Crippen MR) is 76.0 cm³/mol. The summed E-state index contributed by atoms with van der Waals surface area (Å²) in [6.45, 7) is 8.17. The lowest BCUT2D eigenvalue weighted by Gasteiger charge is -2.12. The number of benzene rings is 2. The molecule has 0 aliphatic heterocycles. The molecule has 0 spiro atoms. The van der Waals surface area contributed by atoms with E-state index in [4.69, 9.17) is 5.26 Å². The number of nitrogens with zero attached hydrogens (tertiary/aromatic N) is 1. The molecule has 0 heterocycles. The molecule has 0 atom stereocenters. The summed E-state index contributed by atoms with van der Waals surface area (Å²) in [5.74, 6) is 0. The summed E-state index contributed by atoms with van der Waals surface area (Å²) in [5.41, 5.74) is 6.46. The maximum absolute atomic E-state index is 8.82. The van der Waals surface area contributed by atoms with Crippen LogP contribution < -0.4 is 0 Å². The molecule has 0 unspecified atom stereocenters. The molecule has 0 bridgehead atoms. The van der Waals surface area contributed by atoms with Crippen molar-refractivity contribution < 1.29 is 0 Å². The molecular weight excluding hydrogens is 218 g/mol. The van der Waals surface area contributed by atoms with Crippen molar-refractivity contribution in [1.29, 1.82) is 5.26 Å². The third-order valence-corrected chi connectivity index (χ3v) is 3.02. The first kappa shape index (κ1) is 12.1. The highest BCUT2D eigenvalue weighted by Gasteiger charge is 2.08. The van der Waals surface area contributed by atoms with Crippen LogP contribution in [0.4, 0.5) is 0 Å². The molecule has 0 saturated heterocycles. The Morgan fingerprint density at radius 2 is 1.78 bits per heavy atom. The van der Waals surface area contributed by atoms with Crippen LogP contribution in [0.5, 0.6) is 0 Å². The van der Waals surface area contributed by atoms with Gasteiger partial charge in [0.05, 0.1) is 11.6 Å². The van der Waals surface area contributed by atoms with Crippen LogP contribution in [0.15, 0.2) is 49.0 Å². The molecule has 0 aliphatic carbocycles. The predicted octanol–water partition coefficient (Wildman–Crippen LogP) is 4.57. The number of hydrogen-bond donors (Lipinski definition) is 0. The lowest BCUT2D eigenvalue weighted by molar-refractivity contribution is 1.40. The third-order valence-electron chi connectivity index (χ3n) is 3.02. The van der Waals surface area contributed by atoms with Crippen molar-refractivity contribution in [3.63, 3.8) is 0 Å². The number of nitriles is 1. The van der Waals surface area contributed by atoms with Crippen molar-refractivity contribution in [2.45, 2.75) is 13.8 Å². The first-order valence-corrected chi connectivity index (χ1v) is 5.89. The zero-order chi connectivity index (χ0) is 13.1. The van der Waals surface area contributed by atoms with Gasteiger partial charge in [-0.15, -0.1) is 0 Å². The van der Waals surface area contributed by atoms with E-state index in [1.807, 2.05) is 31.2 Å². The smallest absolute Gasteiger partial charge is 0.0991 e. The summed E-state index contributed by atoms with van der Waals surface area (Å²) < 4.78 is 0. The number of hydrogen-bond acceptors (Lipinski definition) is 1. The lowest BCUT2D eigenvalue weighted by atomic mass is 9.92. The first-order chi connectivity index (χ1) is 8.63. The van der Waals surface area contributed by atoms with Gasteiger partial charge in [-0.3, -0.25) is 0 Å². The zero-order valence-electron chi connectivity index (χ0n) is 10.7. The van der Waals surface area contributed by atoms with Gasteiger partial charge in [0.25, 0.3) is 0 Å². The highest BCUT2D eigenvalue weighted by molar-refractivity contribution is 5.81. The maximum atomic E-state index is 8.82. The van der Waals surface area contributed by atoms with Gasteiger partial charge in [0.1, 0.15) is 0 Å². The zero-order valence-corrected chi connectivity index (χ0v) is 10.7. The first-order valence-electron chi connectivity index (χ1n) is 5.89. The molecule has 0 saturated carbocycles. The summed E-state index contributed by atoms with van der Waals surface area (Å²) in [6.07, 6.45) is 0. The Balaban J connectivity index is 2.60. The van der Waals surface area contributed by atoms with Gasteiger partial charge < -0.3 is 0 Å². The minimum Gasteiger partial charge on any atom is -0.192 e. The van der Waals surface area contributed by atoms with E-state index in [-0.39, 0.29) is 0 Å². The second-order valence-corrected chi connectivity index (χ2v) is 4.47. The fourth-order valence-electron chi connectivity index (χ4n) is 2.20. The molecule has 0 radical (unpaired) electrons. The van der Waals surface area contributed by atoms with Gasteiger partial charge in [-0.25, -0.2) is 0 Å². The quantitative estimate of drug-likeness (QED) is 0.745. The molecule has 0 aliphatic rings. The SMILES string of the molecule is C=C(C)c1c(C)cccc1-c1ccc(C#N)cc1. The Bertz CT molecular complexity index is 628. The average molecular weight is 233 g/mol. The minimum absolute atomic E-state index is 0.684. The van der Waals surface area contributed by atoms with Crippen molar-refractivity contribution in [2.24, 2.45) is 0 Å². The molecule has 0 amide bonds. The topological polar surface area (TPSA) is 23.8 Å². The van der Waals surface area contributed by atoms with Crippen LogP contribution in [0.2, 0.25) is 0 Å². The van der Waals surface area contributed by atoms with Crippen molar-refractivity contribution >= 4 is 5.57 Å². The standard InChI is InChI=1S/C17H15N/c1-12(2)17-13(3)5-4-6-16(17)15-9-7-14(11-18)8-10-15/h4-10H,1H2,2-3H3. The van der Waals surface area contributed by atoms with E-state index >= 15 is 0 Å². The Morgan fingerprint density at radius 3 is 2.33 bits per heavy atom. The molecule has 1 nitrogen and oxygen atoms in total. The second kappa shape index (κ2) is 4.89. The van der Waals surface area contributed by atoms with Crippen LogP contribution in [0, 0.1) is 18.3 Å². The van der Waals surface area contributed by atoms with Crippen molar-refractivity contribution in [2.75, 3.05) is 0 Å². The fraction of sp³-hybridized carbons (Fsp3) is 0.118. The molecule has 0 fully saturated rings. The van der Waals surface area contributed by atoms with E-state index in [2.05, 4.69) is 37.8 Å². The number of aryl methyl sites for hydroxylation is 1. The summed E-state index contributed by atoms with van der Waals surface area (Å²) in [7, 11) is 0. The molecular formula is C17H15N. The maximum Gasteiger partial charge on any atom is 0.0991 e. The van der Waals surface area contributed by atoms with Crippen LogP contribution in [0.1, 0.15) is 23.6 Å². The Labute approximate surface area is 108 Å². The van der Waals surface area contributed by atoms with Gasteiger partial charge in [0.15, 0.2) is 0 Å². The number of allylic oxidation sites excluding steroid dienone is 1.